The lowest BCUT2D eigenvalue weighted by molar-refractivity contribution is -0.131. The summed E-state index contributed by atoms with van der Waals surface area (Å²) in [5, 5.41) is 0. The van der Waals surface area contributed by atoms with Crippen molar-refractivity contribution in [3.63, 3.8) is 0 Å². The van der Waals surface area contributed by atoms with Crippen molar-refractivity contribution in [2.24, 2.45) is 10.9 Å². The van der Waals surface area contributed by atoms with Gasteiger partial charge in [-0.2, -0.15) is 0 Å². The van der Waals surface area contributed by atoms with E-state index in [0.717, 1.165) is 38.8 Å². The quantitative estimate of drug-likeness (QED) is 0.598. The van der Waals surface area contributed by atoms with Gasteiger partial charge in [0.2, 0.25) is 0 Å². The second-order valence-electron chi connectivity index (χ2n) is 7.74. The minimum absolute atomic E-state index is 0.0502. The second kappa shape index (κ2) is 9.26. The number of aliphatic imine (C=N–C) groups is 1. The van der Waals surface area contributed by atoms with Crippen LogP contribution in [-0.4, -0.2) is 67.8 Å². The van der Waals surface area contributed by atoms with Crippen LogP contribution in [-0.2, 0) is 14.3 Å². The summed E-state index contributed by atoms with van der Waals surface area (Å²) in [6.45, 7) is 6.06. The molecule has 0 bridgehead atoms. The second-order valence-corrected chi connectivity index (χ2v) is 7.74. The predicted octanol–water partition coefficient (Wildman–Crippen LogP) is 1.64. The van der Waals surface area contributed by atoms with E-state index in [1.54, 1.807) is 13.1 Å². The van der Waals surface area contributed by atoms with Gasteiger partial charge in [0, 0.05) is 31.7 Å². The van der Waals surface area contributed by atoms with Crippen molar-refractivity contribution in [1.82, 2.24) is 9.80 Å². The zero-order chi connectivity index (χ0) is 20.1. The van der Waals surface area contributed by atoms with E-state index in [9.17, 15) is 9.59 Å². The van der Waals surface area contributed by atoms with Crippen molar-refractivity contribution < 1.29 is 14.3 Å². The van der Waals surface area contributed by atoms with Crippen molar-refractivity contribution >= 4 is 25.8 Å². The molecule has 7 heteroatoms. The van der Waals surface area contributed by atoms with Crippen molar-refractivity contribution in [2.45, 2.75) is 45.6 Å². The molecule has 2 heterocycles. The summed E-state index contributed by atoms with van der Waals surface area (Å²) in [4.78, 5) is 33.8. The van der Waals surface area contributed by atoms with Gasteiger partial charge in [0.25, 0.3) is 5.91 Å². The van der Waals surface area contributed by atoms with Crippen molar-refractivity contribution in [3.05, 3.63) is 35.3 Å². The first kappa shape index (κ1) is 20.4. The fraction of sp³-hybridized carbons (Fsp3) is 0.571. The Labute approximate surface area is 168 Å². The fourth-order valence-electron chi connectivity index (χ4n) is 4.33. The lowest BCUT2D eigenvalue weighted by atomic mass is 9.76. The number of carbonyl (C=O) groups excluding carboxylic acids is 2. The number of allylic oxidation sites excluding steroid dienone is 2. The summed E-state index contributed by atoms with van der Waals surface area (Å²) >= 11 is 0. The van der Waals surface area contributed by atoms with E-state index in [0.29, 0.717) is 18.7 Å². The van der Waals surface area contributed by atoms with Crippen LogP contribution in [0.2, 0.25) is 0 Å². The zero-order valence-electron chi connectivity index (χ0n) is 17.2. The third kappa shape index (κ3) is 4.40. The van der Waals surface area contributed by atoms with Crippen LogP contribution >= 0.6 is 0 Å². The maximum absolute atomic E-state index is 13.1. The molecule has 0 aromatic heterocycles. The first-order valence-corrected chi connectivity index (χ1v) is 10.3. The monoisotopic (exact) mass is 383 g/mol. The van der Waals surface area contributed by atoms with Crippen molar-refractivity contribution in [3.8, 4) is 0 Å². The van der Waals surface area contributed by atoms with Gasteiger partial charge in [0.15, 0.2) is 11.5 Å². The van der Waals surface area contributed by atoms with Crippen LogP contribution in [0.15, 0.2) is 40.3 Å². The number of rotatable bonds is 8. The molecule has 0 fully saturated rings. The van der Waals surface area contributed by atoms with Crippen molar-refractivity contribution in [2.75, 3.05) is 26.2 Å². The Morgan fingerprint density at radius 2 is 2.21 bits per heavy atom. The Kier molecular flexibility index (Phi) is 6.76. The molecule has 1 amide bonds. The lowest BCUT2D eigenvalue weighted by Gasteiger charge is -2.35. The molecule has 28 heavy (non-hydrogen) atoms. The summed E-state index contributed by atoms with van der Waals surface area (Å²) in [5.74, 6) is 0.368. The van der Waals surface area contributed by atoms with Gasteiger partial charge in [-0.05, 0) is 45.4 Å². The molecule has 2 aliphatic heterocycles. The Morgan fingerprint density at radius 3 is 2.82 bits per heavy atom. The first-order chi connectivity index (χ1) is 13.5. The predicted molar refractivity (Wildman–Crippen MR) is 113 cm³/mol. The van der Waals surface area contributed by atoms with Gasteiger partial charge in [-0.25, -0.2) is 0 Å². The molecule has 2 atom stereocenters. The molecular formula is C21H30BN3O3. The topological polar surface area (TPSA) is 62.2 Å². The highest BCUT2D eigenvalue weighted by Crippen LogP contribution is 2.38. The smallest absolute Gasteiger partial charge is 0.289 e. The maximum Gasteiger partial charge on any atom is 0.289 e. The van der Waals surface area contributed by atoms with Gasteiger partial charge in [-0.1, -0.05) is 6.08 Å². The fourth-order valence-corrected chi connectivity index (χ4v) is 4.33. The van der Waals surface area contributed by atoms with Gasteiger partial charge < -0.3 is 14.5 Å². The molecule has 150 valence electrons. The maximum atomic E-state index is 13.1. The molecule has 0 saturated heterocycles. The van der Waals surface area contributed by atoms with Crippen LogP contribution in [0.4, 0.5) is 0 Å². The van der Waals surface area contributed by atoms with Crippen LogP contribution in [0.25, 0.3) is 0 Å². The minimum atomic E-state index is -0.172. The van der Waals surface area contributed by atoms with Crippen LogP contribution in [0.1, 0.15) is 39.5 Å². The number of hydrogen-bond acceptors (Lipinski definition) is 5. The van der Waals surface area contributed by atoms with E-state index in [2.05, 4.69) is 23.8 Å². The van der Waals surface area contributed by atoms with Gasteiger partial charge >= 0.3 is 0 Å². The molecule has 1 aliphatic carbocycles. The minimum Gasteiger partial charge on any atom is -0.488 e. The standard InChI is InChI=1S/C21H30BN3O3/c1-3-28-20-18(15(2)26)19(16-5-7-17(22)8-6-16)25(21(20)27)12-4-11-24-13-9-23-10-14-24/h7,9-10,13,16,19H,3-6,8,11-12,14,22H2,1-2H3. The largest absolute Gasteiger partial charge is 0.488 e. The van der Waals surface area contributed by atoms with E-state index in [1.807, 2.05) is 24.2 Å². The Morgan fingerprint density at radius 1 is 1.39 bits per heavy atom. The Balaban J connectivity index is 1.78. The van der Waals surface area contributed by atoms with Crippen molar-refractivity contribution in [1.29, 1.82) is 0 Å². The highest BCUT2D eigenvalue weighted by molar-refractivity contribution is 6.21. The Hall–Kier alpha value is -2.31. The number of ether oxygens (including phenoxy) is 1. The number of carbonyl (C=O) groups is 2. The number of amides is 1. The lowest BCUT2D eigenvalue weighted by Crippen LogP contribution is -2.43. The summed E-state index contributed by atoms with van der Waals surface area (Å²) < 4.78 is 5.67. The molecule has 2 unspecified atom stereocenters. The average Bonchev–Trinajstić information content (AvgIpc) is 2.96. The summed E-state index contributed by atoms with van der Waals surface area (Å²) in [7, 11) is 2.15. The van der Waals surface area contributed by atoms with Gasteiger partial charge in [-0.3, -0.25) is 14.6 Å². The van der Waals surface area contributed by atoms with Gasteiger partial charge in [0.05, 0.1) is 24.8 Å². The van der Waals surface area contributed by atoms with E-state index in [1.165, 1.54) is 5.47 Å². The van der Waals surface area contributed by atoms with Crippen LogP contribution in [0.5, 0.6) is 0 Å². The Bertz CT molecular complexity index is 741. The van der Waals surface area contributed by atoms with E-state index >= 15 is 0 Å². The third-order valence-corrected chi connectivity index (χ3v) is 5.75. The first-order valence-electron chi connectivity index (χ1n) is 10.3. The van der Waals surface area contributed by atoms with Crippen LogP contribution in [0, 0.1) is 5.92 Å². The van der Waals surface area contributed by atoms with Crippen LogP contribution in [0.3, 0.4) is 0 Å². The molecule has 0 saturated carbocycles. The molecule has 3 rings (SSSR count). The van der Waals surface area contributed by atoms with Gasteiger partial charge in [-0.15, -0.1) is 5.47 Å². The SMILES string of the molecule is BC1=CCC(C2C(C(C)=O)=C(OCC)C(=O)N2CCCN2C=CN=CC2)CC1. The summed E-state index contributed by atoms with van der Waals surface area (Å²) in [6.07, 6.45) is 11.7. The number of nitrogens with zero attached hydrogens (tertiary/aromatic N) is 3. The average molecular weight is 383 g/mol. The molecule has 0 N–H and O–H groups in total. The summed E-state index contributed by atoms with van der Waals surface area (Å²) in [5.41, 5.74) is 1.97. The van der Waals surface area contributed by atoms with E-state index in [-0.39, 0.29) is 29.4 Å². The molecular weight excluding hydrogens is 353 g/mol. The zero-order valence-corrected chi connectivity index (χ0v) is 17.2. The van der Waals surface area contributed by atoms with E-state index < -0.39 is 0 Å². The number of ketones is 1. The van der Waals surface area contributed by atoms with E-state index in [4.69, 9.17) is 4.74 Å². The highest BCUT2D eigenvalue weighted by Gasteiger charge is 2.45. The van der Waals surface area contributed by atoms with Gasteiger partial charge in [0.1, 0.15) is 7.85 Å². The number of hydrogen-bond donors (Lipinski definition) is 0. The third-order valence-electron chi connectivity index (χ3n) is 5.75. The highest BCUT2D eigenvalue weighted by atomic mass is 16.5. The molecule has 0 aromatic rings. The number of Topliss-reactive ketones (excluding diaryl/α,β-unsaturated/α-hetero) is 1. The molecule has 0 aromatic carbocycles. The van der Waals surface area contributed by atoms with Crippen LogP contribution < -0.4 is 0 Å². The molecule has 3 aliphatic rings. The summed E-state index contributed by atoms with van der Waals surface area (Å²) in [6, 6.07) is -0.172. The molecule has 0 spiro atoms. The normalized spacial score (nSPS) is 24.8. The molecule has 6 nitrogen and oxygen atoms in total. The molecule has 0 radical (unpaired) electrons.